The molecule has 8 heteroatoms. The van der Waals surface area contributed by atoms with Crippen molar-refractivity contribution in [3.63, 3.8) is 0 Å². The minimum Gasteiger partial charge on any atom is -0.497 e. The largest absolute Gasteiger partial charge is 0.497 e. The van der Waals surface area contributed by atoms with Gasteiger partial charge in [-0.25, -0.2) is 4.79 Å². The molecule has 1 aromatic carbocycles. The summed E-state index contributed by atoms with van der Waals surface area (Å²) < 4.78 is 38.4. The van der Waals surface area contributed by atoms with Gasteiger partial charge in [0.25, 0.3) is 10.1 Å². The van der Waals surface area contributed by atoms with Gasteiger partial charge in [-0.05, 0) is 38.5 Å². The van der Waals surface area contributed by atoms with Crippen LogP contribution < -0.4 is 4.74 Å². The monoisotopic (exact) mass is 385 g/mol. The first-order valence-corrected chi connectivity index (χ1v) is 10.3. The third kappa shape index (κ3) is 5.88. The summed E-state index contributed by atoms with van der Waals surface area (Å²) in [5, 5.41) is 0. The molecule has 0 bridgehead atoms. The molecule has 1 heterocycles. The summed E-state index contributed by atoms with van der Waals surface area (Å²) >= 11 is 0. The molecule has 7 nitrogen and oxygen atoms in total. The number of methoxy groups -OCH3 is 1. The molecule has 0 unspecified atom stereocenters. The molecule has 1 aliphatic heterocycles. The van der Waals surface area contributed by atoms with Crippen molar-refractivity contribution in [3.8, 4) is 5.75 Å². The van der Waals surface area contributed by atoms with Crippen LogP contribution in [-0.4, -0.2) is 58.1 Å². The summed E-state index contributed by atoms with van der Waals surface area (Å²) in [4.78, 5) is 14.0. The summed E-state index contributed by atoms with van der Waals surface area (Å²) in [5.74, 6) is 0.542. The van der Waals surface area contributed by atoms with Gasteiger partial charge in [0.05, 0.1) is 20.0 Å². The Labute approximate surface area is 155 Å². The lowest BCUT2D eigenvalue weighted by molar-refractivity contribution is 0.0284. The van der Waals surface area contributed by atoms with E-state index in [0.29, 0.717) is 13.1 Å². The van der Waals surface area contributed by atoms with Gasteiger partial charge in [0.15, 0.2) is 0 Å². The van der Waals surface area contributed by atoms with E-state index in [1.54, 1.807) is 12.0 Å². The van der Waals surface area contributed by atoms with Crippen molar-refractivity contribution in [2.45, 2.75) is 32.3 Å². The molecule has 1 aromatic rings. The number of amides is 1. The Hall–Kier alpha value is -1.80. The fourth-order valence-electron chi connectivity index (χ4n) is 2.96. The predicted molar refractivity (Wildman–Crippen MR) is 97.8 cm³/mol. The zero-order valence-electron chi connectivity index (χ0n) is 15.9. The number of carbonyl (C=O) groups excluding carboxylic acids is 1. The van der Waals surface area contributed by atoms with E-state index >= 15 is 0 Å². The van der Waals surface area contributed by atoms with Gasteiger partial charge in [-0.1, -0.05) is 12.1 Å². The standard InChI is InChI=1S/C18H27NO6S/c1-18(2,3)25-17(20)19-10-14(12-24-26(5,21)22)16(11-19)13-6-8-15(23-4)9-7-13/h6-9,14,16H,10-12H2,1-5H3/t14-,16-/m1/s1. The Balaban J connectivity index is 2.18. The number of hydrogen-bond acceptors (Lipinski definition) is 6. The highest BCUT2D eigenvalue weighted by Crippen LogP contribution is 2.34. The molecular weight excluding hydrogens is 358 g/mol. The number of carbonyl (C=O) groups is 1. The first kappa shape index (κ1) is 20.5. The first-order valence-electron chi connectivity index (χ1n) is 8.45. The second-order valence-electron chi connectivity index (χ2n) is 7.51. The Morgan fingerprint density at radius 1 is 1.19 bits per heavy atom. The molecular formula is C18H27NO6S. The zero-order chi connectivity index (χ0) is 19.5. The smallest absolute Gasteiger partial charge is 0.410 e. The highest BCUT2D eigenvalue weighted by Gasteiger charge is 2.38. The summed E-state index contributed by atoms with van der Waals surface area (Å²) in [6.45, 7) is 6.28. The summed E-state index contributed by atoms with van der Waals surface area (Å²) in [6.07, 6.45) is 0.619. The van der Waals surface area contributed by atoms with E-state index < -0.39 is 21.8 Å². The second-order valence-corrected chi connectivity index (χ2v) is 9.16. The molecule has 1 aliphatic rings. The van der Waals surface area contributed by atoms with E-state index in [9.17, 15) is 13.2 Å². The van der Waals surface area contributed by atoms with Crippen molar-refractivity contribution in [2.24, 2.45) is 5.92 Å². The maximum absolute atomic E-state index is 12.4. The van der Waals surface area contributed by atoms with Gasteiger partial charge in [-0.3, -0.25) is 4.18 Å². The average Bonchev–Trinajstić information content (AvgIpc) is 2.95. The van der Waals surface area contributed by atoms with Gasteiger partial charge in [-0.15, -0.1) is 0 Å². The van der Waals surface area contributed by atoms with Crippen LogP contribution in [0.2, 0.25) is 0 Å². The molecule has 0 spiro atoms. The van der Waals surface area contributed by atoms with Gasteiger partial charge >= 0.3 is 6.09 Å². The molecule has 0 saturated carbocycles. The maximum Gasteiger partial charge on any atom is 0.410 e. The highest BCUT2D eigenvalue weighted by atomic mass is 32.2. The first-order chi connectivity index (χ1) is 12.0. The zero-order valence-corrected chi connectivity index (χ0v) is 16.7. The minimum absolute atomic E-state index is 0.0226. The third-order valence-electron chi connectivity index (χ3n) is 4.13. The van der Waals surface area contributed by atoms with Gasteiger partial charge in [0.1, 0.15) is 11.4 Å². The average molecular weight is 385 g/mol. The van der Waals surface area contributed by atoms with E-state index in [1.165, 1.54) is 0 Å². The molecule has 0 aliphatic carbocycles. The SMILES string of the molecule is COc1ccc([C@H]2CN(C(=O)OC(C)(C)C)C[C@@H]2COS(C)(=O)=O)cc1. The normalized spacial score (nSPS) is 20.9. The molecule has 2 atom stereocenters. The van der Waals surface area contributed by atoms with Crippen molar-refractivity contribution in [3.05, 3.63) is 29.8 Å². The second kappa shape index (κ2) is 7.84. The lowest BCUT2D eigenvalue weighted by Gasteiger charge is -2.24. The number of hydrogen-bond donors (Lipinski definition) is 0. The van der Waals surface area contributed by atoms with E-state index in [2.05, 4.69) is 0 Å². The molecule has 26 heavy (non-hydrogen) atoms. The van der Waals surface area contributed by atoms with Crippen LogP contribution in [0.15, 0.2) is 24.3 Å². The van der Waals surface area contributed by atoms with Crippen LogP contribution in [-0.2, 0) is 19.0 Å². The minimum atomic E-state index is -3.55. The quantitative estimate of drug-likeness (QED) is 0.725. The molecule has 1 saturated heterocycles. The van der Waals surface area contributed by atoms with Gasteiger partial charge < -0.3 is 14.4 Å². The number of rotatable bonds is 5. The molecule has 0 aromatic heterocycles. The fourth-order valence-corrected chi connectivity index (χ4v) is 3.38. The van der Waals surface area contributed by atoms with Crippen molar-refractivity contribution < 1.29 is 26.9 Å². The Morgan fingerprint density at radius 2 is 1.81 bits per heavy atom. The van der Waals surface area contributed by atoms with E-state index in [0.717, 1.165) is 17.6 Å². The fraction of sp³-hybridized carbons (Fsp3) is 0.611. The van der Waals surface area contributed by atoms with Crippen LogP contribution >= 0.6 is 0 Å². The van der Waals surface area contributed by atoms with E-state index in [-0.39, 0.29) is 18.4 Å². The summed E-state index contributed by atoms with van der Waals surface area (Å²) in [6, 6.07) is 7.55. The van der Waals surface area contributed by atoms with Crippen molar-refractivity contribution in [1.82, 2.24) is 4.90 Å². The molecule has 1 fully saturated rings. The van der Waals surface area contributed by atoms with Gasteiger partial charge in [0.2, 0.25) is 0 Å². The lowest BCUT2D eigenvalue weighted by atomic mass is 9.89. The van der Waals surface area contributed by atoms with Crippen LogP contribution in [0.3, 0.4) is 0 Å². The van der Waals surface area contributed by atoms with Gasteiger partial charge in [0, 0.05) is 24.9 Å². The van der Waals surface area contributed by atoms with Crippen LogP contribution in [0.1, 0.15) is 32.3 Å². The predicted octanol–water partition coefficient (Wildman–Crippen LogP) is 2.62. The lowest BCUT2D eigenvalue weighted by Crippen LogP contribution is -2.35. The molecule has 0 radical (unpaired) electrons. The molecule has 146 valence electrons. The third-order valence-corrected chi connectivity index (χ3v) is 4.70. The van der Waals surface area contributed by atoms with Gasteiger partial charge in [-0.2, -0.15) is 8.42 Å². The maximum atomic E-state index is 12.4. The number of nitrogens with zero attached hydrogens (tertiary/aromatic N) is 1. The number of ether oxygens (including phenoxy) is 2. The molecule has 2 rings (SSSR count). The Bertz CT molecular complexity index is 723. The number of likely N-dealkylation sites (tertiary alicyclic amines) is 1. The van der Waals surface area contributed by atoms with Crippen molar-refractivity contribution in [2.75, 3.05) is 33.1 Å². The van der Waals surface area contributed by atoms with E-state index in [4.69, 9.17) is 13.7 Å². The topological polar surface area (TPSA) is 82.1 Å². The van der Waals surface area contributed by atoms with Crippen LogP contribution in [0.25, 0.3) is 0 Å². The van der Waals surface area contributed by atoms with Crippen LogP contribution in [0, 0.1) is 5.92 Å². The Morgan fingerprint density at radius 3 is 2.31 bits per heavy atom. The van der Waals surface area contributed by atoms with Crippen molar-refractivity contribution in [1.29, 1.82) is 0 Å². The van der Waals surface area contributed by atoms with E-state index in [1.807, 2.05) is 45.0 Å². The summed E-state index contributed by atoms with van der Waals surface area (Å²) in [5.41, 5.74) is 0.410. The number of benzene rings is 1. The molecule has 0 N–H and O–H groups in total. The Kier molecular flexibility index (Phi) is 6.18. The highest BCUT2D eigenvalue weighted by molar-refractivity contribution is 7.85. The van der Waals surface area contributed by atoms with Crippen molar-refractivity contribution >= 4 is 16.2 Å². The van der Waals surface area contributed by atoms with Crippen LogP contribution in [0.4, 0.5) is 4.79 Å². The van der Waals surface area contributed by atoms with Crippen LogP contribution in [0.5, 0.6) is 5.75 Å². The summed E-state index contributed by atoms with van der Waals surface area (Å²) in [7, 11) is -1.95. The molecule has 1 amide bonds.